The first-order valence-electron chi connectivity index (χ1n) is 7.14. The van der Waals surface area contributed by atoms with E-state index in [2.05, 4.69) is 21.7 Å². The van der Waals surface area contributed by atoms with Gasteiger partial charge in [0.05, 0.1) is 17.1 Å². The van der Waals surface area contributed by atoms with Gasteiger partial charge in [0.2, 0.25) is 0 Å². The summed E-state index contributed by atoms with van der Waals surface area (Å²) in [5, 5.41) is 17.1. The fraction of sp³-hybridized carbons (Fsp3) is 0.375. The number of pyridine rings is 1. The van der Waals surface area contributed by atoms with Gasteiger partial charge in [0.25, 0.3) is 0 Å². The first-order chi connectivity index (χ1) is 9.86. The van der Waals surface area contributed by atoms with E-state index < -0.39 is 0 Å². The third kappa shape index (κ3) is 2.73. The molecule has 2 aromatic rings. The molecule has 1 aliphatic heterocycles. The molecule has 1 unspecified atom stereocenters. The van der Waals surface area contributed by atoms with Crippen LogP contribution in [0.2, 0.25) is 0 Å². The van der Waals surface area contributed by atoms with E-state index >= 15 is 0 Å². The number of hydrogen-bond acceptors (Lipinski definition) is 4. The van der Waals surface area contributed by atoms with Crippen molar-refractivity contribution in [3.63, 3.8) is 0 Å². The van der Waals surface area contributed by atoms with Gasteiger partial charge in [-0.15, -0.1) is 0 Å². The molecule has 1 aliphatic rings. The minimum absolute atomic E-state index is 0.435. The Labute approximate surface area is 118 Å². The van der Waals surface area contributed by atoms with Crippen molar-refractivity contribution in [2.75, 3.05) is 18.4 Å². The van der Waals surface area contributed by atoms with Crippen LogP contribution in [-0.2, 0) is 0 Å². The molecule has 1 fully saturated rings. The molecule has 0 saturated carbocycles. The normalized spacial score (nSPS) is 19.2. The van der Waals surface area contributed by atoms with E-state index in [4.69, 9.17) is 0 Å². The first-order valence-corrected chi connectivity index (χ1v) is 7.14. The van der Waals surface area contributed by atoms with Crippen molar-refractivity contribution in [2.24, 2.45) is 0 Å². The number of aromatic nitrogens is 1. The Morgan fingerprint density at radius 3 is 3.05 bits per heavy atom. The van der Waals surface area contributed by atoms with Crippen LogP contribution in [-0.4, -0.2) is 24.1 Å². The summed E-state index contributed by atoms with van der Waals surface area (Å²) < 4.78 is 0. The molecule has 102 valence electrons. The molecule has 0 radical (unpaired) electrons. The molecule has 1 saturated heterocycles. The van der Waals surface area contributed by atoms with Crippen LogP contribution in [0.15, 0.2) is 30.3 Å². The van der Waals surface area contributed by atoms with Gasteiger partial charge < -0.3 is 10.6 Å². The second-order valence-electron chi connectivity index (χ2n) is 5.21. The largest absolute Gasteiger partial charge is 0.367 e. The standard InChI is InChI=1S/C16H18N4/c17-11-12-10-16(19-13-4-3-8-18-9-7-13)20-15-6-2-1-5-14(12)15/h1-2,5-6,10,13,18H,3-4,7-9H2,(H,19,20). The van der Waals surface area contributed by atoms with Gasteiger partial charge in [-0.1, -0.05) is 18.2 Å². The van der Waals surface area contributed by atoms with E-state index in [1.54, 1.807) is 0 Å². The van der Waals surface area contributed by atoms with Crippen molar-refractivity contribution in [3.05, 3.63) is 35.9 Å². The summed E-state index contributed by atoms with van der Waals surface area (Å²) in [4.78, 5) is 4.63. The third-order valence-corrected chi connectivity index (χ3v) is 3.76. The predicted octanol–water partition coefficient (Wildman–Crippen LogP) is 2.66. The molecular formula is C16H18N4. The highest BCUT2D eigenvalue weighted by Crippen LogP contribution is 2.21. The van der Waals surface area contributed by atoms with Crippen molar-refractivity contribution in [1.29, 1.82) is 5.26 Å². The van der Waals surface area contributed by atoms with Gasteiger partial charge >= 0.3 is 0 Å². The Morgan fingerprint density at radius 2 is 2.15 bits per heavy atom. The Morgan fingerprint density at radius 1 is 1.25 bits per heavy atom. The zero-order valence-electron chi connectivity index (χ0n) is 11.4. The lowest BCUT2D eigenvalue weighted by molar-refractivity contribution is 0.635. The van der Waals surface area contributed by atoms with Gasteiger partial charge in [-0.25, -0.2) is 4.98 Å². The third-order valence-electron chi connectivity index (χ3n) is 3.76. The Balaban J connectivity index is 1.89. The highest BCUT2D eigenvalue weighted by molar-refractivity contribution is 5.86. The number of nitrogens with one attached hydrogen (secondary N) is 2. The molecule has 4 heteroatoms. The van der Waals surface area contributed by atoms with E-state index in [1.165, 1.54) is 6.42 Å². The van der Waals surface area contributed by atoms with Gasteiger partial charge in [0.15, 0.2) is 0 Å². The molecule has 0 bridgehead atoms. The zero-order chi connectivity index (χ0) is 13.8. The van der Waals surface area contributed by atoms with Gasteiger partial charge in [0.1, 0.15) is 5.82 Å². The lowest BCUT2D eigenvalue weighted by Gasteiger charge is -2.17. The Hall–Kier alpha value is -2.12. The van der Waals surface area contributed by atoms with E-state index in [9.17, 15) is 5.26 Å². The zero-order valence-corrected chi connectivity index (χ0v) is 11.4. The van der Waals surface area contributed by atoms with Crippen molar-refractivity contribution >= 4 is 16.7 Å². The van der Waals surface area contributed by atoms with Crippen LogP contribution in [0.5, 0.6) is 0 Å². The summed E-state index contributed by atoms with van der Waals surface area (Å²) in [5.74, 6) is 0.812. The van der Waals surface area contributed by atoms with E-state index in [1.807, 2.05) is 30.3 Å². The number of anilines is 1. The molecule has 4 nitrogen and oxygen atoms in total. The topological polar surface area (TPSA) is 60.7 Å². The molecule has 3 rings (SSSR count). The number of nitrogens with zero attached hydrogens (tertiary/aromatic N) is 2. The van der Waals surface area contributed by atoms with Crippen LogP contribution in [0.1, 0.15) is 24.8 Å². The fourth-order valence-corrected chi connectivity index (χ4v) is 2.71. The summed E-state index contributed by atoms with van der Waals surface area (Å²) in [5.41, 5.74) is 1.56. The molecule has 1 aromatic heterocycles. The first kappa shape index (κ1) is 12.9. The SMILES string of the molecule is N#Cc1cc(NC2CCCNCC2)nc2ccccc12. The number of fused-ring (bicyclic) bond motifs is 1. The molecule has 0 amide bonds. The van der Waals surface area contributed by atoms with Gasteiger partial charge in [-0.2, -0.15) is 5.26 Å². The van der Waals surface area contributed by atoms with Crippen LogP contribution in [0.25, 0.3) is 10.9 Å². The minimum Gasteiger partial charge on any atom is -0.367 e. The van der Waals surface area contributed by atoms with Gasteiger partial charge in [0, 0.05) is 11.4 Å². The molecule has 0 aliphatic carbocycles. The number of benzene rings is 1. The monoisotopic (exact) mass is 266 g/mol. The smallest absolute Gasteiger partial charge is 0.128 e. The fourth-order valence-electron chi connectivity index (χ4n) is 2.71. The molecule has 1 aromatic carbocycles. The number of rotatable bonds is 2. The van der Waals surface area contributed by atoms with Crippen LogP contribution in [0.4, 0.5) is 5.82 Å². The van der Waals surface area contributed by atoms with Crippen molar-refractivity contribution in [2.45, 2.75) is 25.3 Å². The van der Waals surface area contributed by atoms with Crippen LogP contribution < -0.4 is 10.6 Å². The van der Waals surface area contributed by atoms with Gasteiger partial charge in [-0.3, -0.25) is 0 Å². The Kier molecular flexibility index (Phi) is 3.80. The molecule has 0 spiro atoms. The quantitative estimate of drug-likeness (QED) is 0.877. The maximum absolute atomic E-state index is 9.30. The lowest BCUT2D eigenvalue weighted by atomic mass is 10.1. The van der Waals surface area contributed by atoms with Crippen molar-refractivity contribution < 1.29 is 0 Å². The van der Waals surface area contributed by atoms with E-state index in [0.717, 1.165) is 42.7 Å². The summed E-state index contributed by atoms with van der Waals surface area (Å²) >= 11 is 0. The second-order valence-corrected chi connectivity index (χ2v) is 5.21. The van der Waals surface area contributed by atoms with E-state index in [-0.39, 0.29) is 0 Å². The molecule has 2 heterocycles. The number of nitriles is 1. The van der Waals surface area contributed by atoms with Crippen molar-refractivity contribution in [1.82, 2.24) is 10.3 Å². The lowest BCUT2D eigenvalue weighted by Crippen LogP contribution is -2.22. The highest BCUT2D eigenvalue weighted by Gasteiger charge is 2.13. The highest BCUT2D eigenvalue weighted by atomic mass is 15.0. The summed E-state index contributed by atoms with van der Waals surface area (Å²) in [6.45, 7) is 2.13. The van der Waals surface area contributed by atoms with E-state index in [0.29, 0.717) is 11.6 Å². The number of para-hydroxylation sites is 1. The average molecular weight is 266 g/mol. The molecule has 2 N–H and O–H groups in total. The maximum Gasteiger partial charge on any atom is 0.128 e. The summed E-state index contributed by atoms with van der Waals surface area (Å²) in [6.07, 6.45) is 3.41. The van der Waals surface area contributed by atoms with Gasteiger partial charge in [-0.05, 0) is 44.5 Å². The number of hydrogen-bond donors (Lipinski definition) is 2. The van der Waals surface area contributed by atoms with Crippen LogP contribution >= 0.6 is 0 Å². The Bertz CT molecular complexity index is 636. The average Bonchev–Trinajstić information content (AvgIpc) is 2.75. The van der Waals surface area contributed by atoms with Crippen LogP contribution in [0, 0.1) is 11.3 Å². The summed E-state index contributed by atoms with van der Waals surface area (Å²) in [6, 6.07) is 12.4. The molecular weight excluding hydrogens is 248 g/mol. The summed E-state index contributed by atoms with van der Waals surface area (Å²) in [7, 11) is 0. The molecule has 20 heavy (non-hydrogen) atoms. The maximum atomic E-state index is 9.30. The predicted molar refractivity (Wildman–Crippen MR) is 80.6 cm³/mol. The second kappa shape index (κ2) is 5.89. The van der Waals surface area contributed by atoms with Crippen LogP contribution in [0.3, 0.4) is 0 Å². The minimum atomic E-state index is 0.435. The molecule has 1 atom stereocenters. The van der Waals surface area contributed by atoms with Crippen molar-refractivity contribution in [3.8, 4) is 6.07 Å².